The zero-order chi connectivity index (χ0) is 16.0. The summed E-state index contributed by atoms with van der Waals surface area (Å²) in [6.07, 6.45) is 0. The molecule has 0 atom stereocenters. The first-order valence-corrected chi connectivity index (χ1v) is 7.95. The Bertz CT molecular complexity index is 502. The molecule has 1 aromatic carbocycles. The normalized spacial score (nSPS) is 16.3. The number of halogens is 1. The monoisotopic (exact) mass is 325 g/mol. The number of hydrogen-bond acceptors (Lipinski definition) is 3. The summed E-state index contributed by atoms with van der Waals surface area (Å²) in [5, 5.41) is 6.44. The fourth-order valence-corrected chi connectivity index (χ4v) is 2.66. The molecule has 0 unspecified atom stereocenters. The van der Waals surface area contributed by atoms with E-state index in [0.717, 1.165) is 31.9 Å². The second kappa shape index (κ2) is 7.81. The first-order valence-electron chi connectivity index (χ1n) is 7.57. The molecular weight excluding hydrogens is 302 g/mol. The third-order valence-electron chi connectivity index (χ3n) is 3.95. The molecule has 1 aliphatic heterocycles. The lowest BCUT2D eigenvalue weighted by molar-refractivity contribution is -0.00874. The Labute approximate surface area is 137 Å². The lowest BCUT2D eigenvalue weighted by Gasteiger charge is -2.40. The van der Waals surface area contributed by atoms with E-state index in [2.05, 4.69) is 29.4 Å². The fourth-order valence-electron chi connectivity index (χ4n) is 2.46. The van der Waals surface area contributed by atoms with Crippen LogP contribution in [0.25, 0.3) is 0 Å². The van der Waals surface area contributed by atoms with E-state index in [1.807, 2.05) is 24.3 Å². The van der Waals surface area contributed by atoms with Gasteiger partial charge in [0.15, 0.2) is 0 Å². The predicted octanol–water partition coefficient (Wildman–Crippen LogP) is 2.25. The van der Waals surface area contributed by atoms with Crippen LogP contribution in [0.15, 0.2) is 24.3 Å². The summed E-state index contributed by atoms with van der Waals surface area (Å²) in [5.74, 6) is 0. The summed E-state index contributed by atoms with van der Waals surface area (Å²) < 4.78 is 5.37. The molecule has 1 saturated heterocycles. The van der Waals surface area contributed by atoms with Gasteiger partial charge in [0, 0.05) is 36.7 Å². The average Bonchev–Trinajstić information content (AvgIpc) is 2.53. The Morgan fingerprint density at radius 3 is 2.64 bits per heavy atom. The van der Waals surface area contributed by atoms with Crippen molar-refractivity contribution < 1.29 is 9.53 Å². The van der Waals surface area contributed by atoms with E-state index in [9.17, 15) is 4.79 Å². The predicted molar refractivity (Wildman–Crippen MR) is 88.2 cm³/mol. The number of carbonyl (C=O) groups excluding carboxylic acids is 1. The maximum absolute atomic E-state index is 11.9. The van der Waals surface area contributed by atoms with Gasteiger partial charge in [-0.1, -0.05) is 29.8 Å². The zero-order valence-corrected chi connectivity index (χ0v) is 13.9. The van der Waals surface area contributed by atoms with Gasteiger partial charge in [0.1, 0.15) is 0 Å². The van der Waals surface area contributed by atoms with E-state index < -0.39 is 0 Å². The maximum atomic E-state index is 11.9. The third-order valence-corrected chi connectivity index (χ3v) is 4.31. The Kier molecular flexibility index (Phi) is 6.06. The van der Waals surface area contributed by atoms with Crippen LogP contribution in [-0.4, -0.2) is 49.3 Å². The smallest absolute Gasteiger partial charge is 0.315 e. The van der Waals surface area contributed by atoms with Crippen molar-refractivity contribution in [3.05, 3.63) is 34.9 Å². The van der Waals surface area contributed by atoms with Crippen LogP contribution in [0.4, 0.5) is 4.79 Å². The summed E-state index contributed by atoms with van der Waals surface area (Å²) >= 11 is 6.07. The van der Waals surface area contributed by atoms with Crippen molar-refractivity contribution in [1.29, 1.82) is 0 Å². The molecule has 0 bridgehead atoms. The minimum Gasteiger partial charge on any atom is -0.379 e. The number of amides is 2. The molecule has 1 heterocycles. The zero-order valence-electron chi connectivity index (χ0n) is 13.2. The maximum Gasteiger partial charge on any atom is 0.315 e. The molecule has 1 aromatic rings. The van der Waals surface area contributed by atoms with E-state index in [-0.39, 0.29) is 11.6 Å². The number of rotatable bonds is 5. The largest absolute Gasteiger partial charge is 0.379 e. The van der Waals surface area contributed by atoms with Gasteiger partial charge in [0.2, 0.25) is 0 Å². The first kappa shape index (κ1) is 17.1. The Balaban J connectivity index is 1.76. The summed E-state index contributed by atoms with van der Waals surface area (Å²) in [6.45, 7) is 8.57. The van der Waals surface area contributed by atoms with E-state index in [0.29, 0.717) is 18.1 Å². The fraction of sp³-hybridized carbons (Fsp3) is 0.562. The molecule has 0 aromatic heterocycles. The molecule has 22 heavy (non-hydrogen) atoms. The van der Waals surface area contributed by atoms with Crippen molar-refractivity contribution in [1.82, 2.24) is 15.5 Å². The van der Waals surface area contributed by atoms with E-state index in [1.54, 1.807) is 0 Å². The van der Waals surface area contributed by atoms with Gasteiger partial charge in [0.25, 0.3) is 0 Å². The number of nitrogens with one attached hydrogen (secondary N) is 2. The van der Waals surface area contributed by atoms with Crippen molar-refractivity contribution in [3.63, 3.8) is 0 Å². The molecular formula is C16H24ClN3O2. The third kappa shape index (κ3) is 4.87. The molecule has 0 aliphatic carbocycles. The van der Waals surface area contributed by atoms with Crippen molar-refractivity contribution in [2.45, 2.75) is 25.9 Å². The van der Waals surface area contributed by atoms with Gasteiger partial charge in [0.05, 0.1) is 13.2 Å². The number of carbonyl (C=O) groups is 1. The highest BCUT2D eigenvalue weighted by Crippen LogP contribution is 2.15. The van der Waals surface area contributed by atoms with Crippen LogP contribution in [0, 0.1) is 0 Å². The average molecular weight is 326 g/mol. The number of benzene rings is 1. The number of ether oxygens (including phenoxy) is 1. The van der Waals surface area contributed by atoms with Crippen LogP contribution in [0.3, 0.4) is 0 Å². The van der Waals surface area contributed by atoms with Crippen LogP contribution in [-0.2, 0) is 11.3 Å². The standard InChI is InChI=1S/C16H24ClN3O2/c1-16(2,20-7-9-22-10-8-20)12-19-15(21)18-11-13-5-3-4-6-14(13)17/h3-6H,7-12H2,1-2H3,(H2,18,19,21). The summed E-state index contributed by atoms with van der Waals surface area (Å²) in [4.78, 5) is 14.3. The summed E-state index contributed by atoms with van der Waals surface area (Å²) in [6, 6.07) is 7.32. The minimum absolute atomic E-state index is 0.0918. The molecule has 0 radical (unpaired) electrons. The Morgan fingerprint density at radius 1 is 1.27 bits per heavy atom. The van der Waals surface area contributed by atoms with Crippen LogP contribution in [0.2, 0.25) is 5.02 Å². The lowest BCUT2D eigenvalue weighted by Crippen LogP contribution is -2.56. The van der Waals surface area contributed by atoms with Crippen molar-refractivity contribution in [2.75, 3.05) is 32.8 Å². The molecule has 2 rings (SSSR count). The molecule has 2 amide bonds. The van der Waals surface area contributed by atoms with Gasteiger partial charge >= 0.3 is 6.03 Å². The van der Waals surface area contributed by atoms with Gasteiger partial charge in [-0.05, 0) is 25.5 Å². The number of urea groups is 1. The lowest BCUT2D eigenvalue weighted by atomic mass is 10.0. The SMILES string of the molecule is CC(C)(CNC(=O)NCc1ccccc1Cl)N1CCOCC1. The number of morpholine rings is 1. The summed E-state index contributed by atoms with van der Waals surface area (Å²) in [7, 11) is 0. The van der Waals surface area contributed by atoms with E-state index in [1.165, 1.54) is 0 Å². The highest BCUT2D eigenvalue weighted by molar-refractivity contribution is 6.31. The van der Waals surface area contributed by atoms with Crippen LogP contribution < -0.4 is 10.6 Å². The number of nitrogens with zero attached hydrogens (tertiary/aromatic N) is 1. The quantitative estimate of drug-likeness (QED) is 0.873. The molecule has 2 N–H and O–H groups in total. The first-order chi connectivity index (χ1) is 10.5. The topological polar surface area (TPSA) is 53.6 Å². The van der Waals surface area contributed by atoms with E-state index >= 15 is 0 Å². The van der Waals surface area contributed by atoms with Gasteiger partial charge < -0.3 is 15.4 Å². The molecule has 5 nitrogen and oxygen atoms in total. The van der Waals surface area contributed by atoms with Crippen LogP contribution in [0.5, 0.6) is 0 Å². The van der Waals surface area contributed by atoms with Crippen LogP contribution in [0.1, 0.15) is 19.4 Å². The highest BCUT2D eigenvalue weighted by atomic mass is 35.5. The molecule has 6 heteroatoms. The second-order valence-corrected chi connectivity index (χ2v) is 6.45. The second-order valence-electron chi connectivity index (χ2n) is 6.04. The van der Waals surface area contributed by atoms with Gasteiger partial charge in [-0.25, -0.2) is 4.79 Å². The van der Waals surface area contributed by atoms with Crippen molar-refractivity contribution in [2.24, 2.45) is 0 Å². The van der Waals surface area contributed by atoms with Crippen molar-refractivity contribution >= 4 is 17.6 Å². The number of hydrogen-bond donors (Lipinski definition) is 2. The summed E-state index contributed by atoms with van der Waals surface area (Å²) in [5.41, 5.74) is 0.817. The van der Waals surface area contributed by atoms with Gasteiger partial charge in [-0.15, -0.1) is 0 Å². The minimum atomic E-state index is -0.179. The Hall–Kier alpha value is -1.30. The Morgan fingerprint density at radius 2 is 1.95 bits per heavy atom. The van der Waals surface area contributed by atoms with Gasteiger partial charge in [-0.2, -0.15) is 0 Å². The molecule has 1 fully saturated rings. The molecule has 1 aliphatic rings. The van der Waals surface area contributed by atoms with Gasteiger partial charge in [-0.3, -0.25) is 4.90 Å². The molecule has 122 valence electrons. The molecule has 0 spiro atoms. The molecule has 0 saturated carbocycles. The van der Waals surface area contributed by atoms with Crippen molar-refractivity contribution in [3.8, 4) is 0 Å². The highest BCUT2D eigenvalue weighted by Gasteiger charge is 2.28. The van der Waals surface area contributed by atoms with E-state index in [4.69, 9.17) is 16.3 Å². The van der Waals surface area contributed by atoms with Crippen LogP contribution >= 0.6 is 11.6 Å².